The standard InChI is InChI=1S/C9H19Br/c1-4-6-9(7-5-2)8(3)10/h8-9H,4-7H2,1-3H3. The van der Waals surface area contributed by atoms with Gasteiger partial charge in [0.2, 0.25) is 0 Å². The second kappa shape index (κ2) is 6.21. The van der Waals surface area contributed by atoms with E-state index in [1.807, 2.05) is 0 Å². The SMILES string of the molecule is CCCC(CCC)C(C)Br. The van der Waals surface area contributed by atoms with Crippen molar-refractivity contribution in [3.8, 4) is 0 Å². The van der Waals surface area contributed by atoms with Gasteiger partial charge in [0.15, 0.2) is 0 Å². The zero-order valence-corrected chi connectivity index (χ0v) is 8.95. The minimum Gasteiger partial charge on any atom is -0.0891 e. The average molecular weight is 207 g/mol. The maximum atomic E-state index is 3.64. The Bertz CT molecular complexity index is 63.1. The lowest BCUT2D eigenvalue weighted by molar-refractivity contribution is 0.442. The van der Waals surface area contributed by atoms with Crippen molar-refractivity contribution >= 4 is 15.9 Å². The number of hydrogen-bond acceptors (Lipinski definition) is 0. The Hall–Kier alpha value is 0.480. The third kappa shape index (κ3) is 4.32. The van der Waals surface area contributed by atoms with E-state index in [9.17, 15) is 0 Å². The zero-order valence-electron chi connectivity index (χ0n) is 7.36. The Kier molecular flexibility index (Phi) is 6.50. The first-order chi connectivity index (χ1) is 4.72. The van der Waals surface area contributed by atoms with E-state index in [2.05, 4.69) is 36.7 Å². The largest absolute Gasteiger partial charge is 0.0891 e. The molecule has 1 unspecified atom stereocenters. The van der Waals surface area contributed by atoms with Gasteiger partial charge in [0.1, 0.15) is 0 Å². The molecule has 0 spiro atoms. The predicted octanol–water partition coefficient (Wildman–Crippen LogP) is 3.99. The molecule has 0 nitrogen and oxygen atoms in total. The van der Waals surface area contributed by atoms with Crippen LogP contribution in [0.2, 0.25) is 0 Å². The predicted molar refractivity (Wildman–Crippen MR) is 51.7 cm³/mol. The van der Waals surface area contributed by atoms with Gasteiger partial charge in [0.25, 0.3) is 0 Å². The lowest BCUT2D eigenvalue weighted by atomic mass is 9.96. The molecule has 0 aliphatic rings. The summed E-state index contributed by atoms with van der Waals surface area (Å²) in [4.78, 5) is 0.701. The maximum absolute atomic E-state index is 3.64. The Morgan fingerprint density at radius 3 is 1.70 bits per heavy atom. The molecule has 1 heteroatoms. The Balaban J connectivity index is 3.50. The summed E-state index contributed by atoms with van der Waals surface area (Å²) >= 11 is 3.64. The van der Waals surface area contributed by atoms with Gasteiger partial charge in [-0.2, -0.15) is 0 Å². The highest BCUT2D eigenvalue weighted by Crippen LogP contribution is 2.22. The van der Waals surface area contributed by atoms with Crippen molar-refractivity contribution in [2.24, 2.45) is 5.92 Å². The van der Waals surface area contributed by atoms with Crippen molar-refractivity contribution in [2.45, 2.75) is 51.3 Å². The fraction of sp³-hybridized carbons (Fsp3) is 1.00. The normalized spacial score (nSPS) is 14.1. The molecule has 0 amide bonds. The molecule has 0 rings (SSSR count). The molecule has 0 bridgehead atoms. The summed E-state index contributed by atoms with van der Waals surface area (Å²) in [6, 6.07) is 0. The van der Waals surface area contributed by atoms with Crippen molar-refractivity contribution in [2.75, 3.05) is 0 Å². The molecule has 62 valence electrons. The molecule has 0 aliphatic carbocycles. The molecule has 0 heterocycles. The van der Waals surface area contributed by atoms with Gasteiger partial charge < -0.3 is 0 Å². The van der Waals surface area contributed by atoms with E-state index in [-0.39, 0.29) is 0 Å². The van der Waals surface area contributed by atoms with Crippen molar-refractivity contribution in [3.63, 3.8) is 0 Å². The highest BCUT2D eigenvalue weighted by molar-refractivity contribution is 9.09. The molecule has 0 aromatic carbocycles. The van der Waals surface area contributed by atoms with Crippen LogP contribution in [-0.4, -0.2) is 4.83 Å². The number of alkyl halides is 1. The van der Waals surface area contributed by atoms with Crippen LogP contribution in [0.4, 0.5) is 0 Å². The van der Waals surface area contributed by atoms with Crippen LogP contribution in [0, 0.1) is 5.92 Å². The van der Waals surface area contributed by atoms with Crippen LogP contribution in [0.15, 0.2) is 0 Å². The minimum absolute atomic E-state index is 0.701. The van der Waals surface area contributed by atoms with Crippen molar-refractivity contribution in [1.29, 1.82) is 0 Å². The van der Waals surface area contributed by atoms with Crippen LogP contribution in [0.3, 0.4) is 0 Å². The molecule has 0 saturated heterocycles. The zero-order chi connectivity index (χ0) is 7.98. The van der Waals surface area contributed by atoms with Gasteiger partial charge in [-0.25, -0.2) is 0 Å². The molecule has 1 atom stereocenters. The fourth-order valence-electron chi connectivity index (χ4n) is 1.35. The summed E-state index contributed by atoms with van der Waals surface area (Å²) in [5.41, 5.74) is 0. The smallest absolute Gasteiger partial charge is 0.0145 e. The van der Waals surface area contributed by atoms with Crippen LogP contribution in [0.25, 0.3) is 0 Å². The summed E-state index contributed by atoms with van der Waals surface area (Å²) in [6.07, 6.45) is 5.39. The highest BCUT2D eigenvalue weighted by Gasteiger charge is 2.11. The van der Waals surface area contributed by atoms with Crippen LogP contribution >= 0.6 is 15.9 Å². The van der Waals surface area contributed by atoms with Gasteiger partial charge in [0, 0.05) is 4.83 Å². The Labute approximate surface area is 73.5 Å². The van der Waals surface area contributed by atoms with Crippen LogP contribution in [0.5, 0.6) is 0 Å². The van der Waals surface area contributed by atoms with E-state index in [1.54, 1.807) is 0 Å². The molecule has 0 fully saturated rings. The highest BCUT2D eigenvalue weighted by atomic mass is 79.9. The second-order valence-corrected chi connectivity index (χ2v) is 4.46. The topological polar surface area (TPSA) is 0 Å². The maximum Gasteiger partial charge on any atom is 0.0145 e. The number of rotatable bonds is 5. The minimum atomic E-state index is 0.701. The van der Waals surface area contributed by atoms with Gasteiger partial charge in [-0.3, -0.25) is 0 Å². The van der Waals surface area contributed by atoms with Crippen molar-refractivity contribution in [1.82, 2.24) is 0 Å². The second-order valence-electron chi connectivity index (χ2n) is 3.01. The van der Waals surface area contributed by atoms with Gasteiger partial charge in [-0.1, -0.05) is 49.5 Å². The third-order valence-corrected chi connectivity index (χ3v) is 2.72. The molecule has 0 N–H and O–H groups in total. The molecule has 10 heavy (non-hydrogen) atoms. The van der Waals surface area contributed by atoms with Crippen LogP contribution in [-0.2, 0) is 0 Å². The molecular formula is C9H19Br. The van der Waals surface area contributed by atoms with Crippen LogP contribution < -0.4 is 0 Å². The Morgan fingerprint density at radius 2 is 1.50 bits per heavy atom. The van der Waals surface area contributed by atoms with Crippen molar-refractivity contribution < 1.29 is 0 Å². The van der Waals surface area contributed by atoms with E-state index in [0.29, 0.717) is 4.83 Å². The molecular weight excluding hydrogens is 188 g/mol. The van der Waals surface area contributed by atoms with Gasteiger partial charge in [-0.15, -0.1) is 0 Å². The monoisotopic (exact) mass is 206 g/mol. The third-order valence-electron chi connectivity index (χ3n) is 1.97. The first-order valence-corrected chi connectivity index (χ1v) is 5.28. The number of hydrogen-bond donors (Lipinski definition) is 0. The van der Waals surface area contributed by atoms with Crippen molar-refractivity contribution in [3.05, 3.63) is 0 Å². The first-order valence-electron chi connectivity index (χ1n) is 4.36. The Morgan fingerprint density at radius 1 is 1.10 bits per heavy atom. The molecule has 0 saturated carbocycles. The number of halogens is 1. The van der Waals surface area contributed by atoms with E-state index >= 15 is 0 Å². The fourth-order valence-corrected chi connectivity index (χ4v) is 1.87. The van der Waals surface area contributed by atoms with E-state index in [4.69, 9.17) is 0 Å². The molecule has 0 aromatic rings. The molecule has 0 aromatic heterocycles. The van der Waals surface area contributed by atoms with E-state index < -0.39 is 0 Å². The van der Waals surface area contributed by atoms with Gasteiger partial charge >= 0.3 is 0 Å². The summed E-state index contributed by atoms with van der Waals surface area (Å²) in [7, 11) is 0. The van der Waals surface area contributed by atoms with Gasteiger partial charge in [0.05, 0.1) is 0 Å². The average Bonchev–Trinajstić information content (AvgIpc) is 1.87. The lowest BCUT2D eigenvalue weighted by Crippen LogP contribution is -2.09. The van der Waals surface area contributed by atoms with Gasteiger partial charge in [-0.05, 0) is 18.8 Å². The summed E-state index contributed by atoms with van der Waals surface area (Å²) in [6.45, 7) is 6.78. The summed E-state index contributed by atoms with van der Waals surface area (Å²) < 4.78 is 0. The van der Waals surface area contributed by atoms with E-state index in [0.717, 1.165) is 5.92 Å². The molecule has 0 radical (unpaired) electrons. The van der Waals surface area contributed by atoms with E-state index in [1.165, 1.54) is 25.7 Å². The van der Waals surface area contributed by atoms with Crippen LogP contribution in [0.1, 0.15) is 46.5 Å². The quantitative estimate of drug-likeness (QED) is 0.598. The molecule has 0 aliphatic heterocycles. The summed E-state index contributed by atoms with van der Waals surface area (Å²) in [5.74, 6) is 0.898. The summed E-state index contributed by atoms with van der Waals surface area (Å²) in [5, 5.41) is 0. The first kappa shape index (κ1) is 10.5. The lowest BCUT2D eigenvalue weighted by Gasteiger charge is -2.17.